The van der Waals surface area contributed by atoms with Crippen LogP contribution in [0.2, 0.25) is 0 Å². The normalized spacial score (nSPS) is 19.1. The summed E-state index contributed by atoms with van der Waals surface area (Å²) in [6.45, 7) is 5.69. The van der Waals surface area contributed by atoms with E-state index in [1.807, 2.05) is 0 Å². The van der Waals surface area contributed by atoms with Crippen LogP contribution >= 0.6 is 0 Å². The SMILES string of the molecule is CC/C=C\C/C=C\C/C=C\C/C=C\CCCCC(=O)OCC(COC1OC(C(=O)O)C(O)C(O)C1OC(=O)CCCC/C=C\C/C=C\C/C=C\C/C=C\CC)OC(=O)CCCCCCCCCCCCCCC. The van der Waals surface area contributed by atoms with Crippen LogP contribution in [0.25, 0.3) is 0 Å². The topological polar surface area (TPSA) is 175 Å². The molecule has 1 aliphatic heterocycles. The van der Waals surface area contributed by atoms with Crippen molar-refractivity contribution >= 4 is 23.9 Å². The number of hydrogen-bond acceptors (Lipinski definition) is 11. The zero-order valence-electron chi connectivity index (χ0n) is 45.3. The standard InChI is InChI=1S/C61H98O12/c1-4-7-10-13-16-19-22-25-27-30-32-35-38-41-44-47-53(62)69-50-52(71-54(63)48-45-42-39-36-33-29-24-21-18-15-12-9-6-3)51-70-61-59(57(66)56(65)58(73-61)60(67)68)72-55(64)49-46-43-40-37-34-31-28-26-23-20-17-14-11-8-5-2/h7-8,10-11,16-17,19-20,25-28,32,34-35,37,52,56-59,61,65-66H,4-6,9,12-15,18,21-24,29-31,33,36,38-51H2,1-3H3,(H,67,68)/b10-7-,11-8-,19-16-,20-17-,27-25-,28-26-,35-32-,37-34-. The number of allylic oxidation sites excluding steroid dienone is 16. The Labute approximate surface area is 441 Å². The fraction of sp³-hybridized carbons (Fsp3) is 0.672. The van der Waals surface area contributed by atoms with Crippen molar-refractivity contribution in [2.24, 2.45) is 0 Å². The molecule has 1 heterocycles. The molecule has 6 atom stereocenters. The lowest BCUT2D eigenvalue weighted by Crippen LogP contribution is -2.61. The molecule has 414 valence electrons. The molecule has 6 unspecified atom stereocenters. The predicted molar refractivity (Wildman–Crippen MR) is 294 cm³/mol. The molecule has 12 heteroatoms. The van der Waals surface area contributed by atoms with Crippen LogP contribution in [-0.4, -0.2) is 89.2 Å². The van der Waals surface area contributed by atoms with Gasteiger partial charge in [0.05, 0.1) is 6.61 Å². The average molecular weight is 1020 g/mol. The molecule has 0 aliphatic carbocycles. The Bertz CT molecular complexity index is 1640. The monoisotopic (exact) mass is 1020 g/mol. The van der Waals surface area contributed by atoms with Crippen LogP contribution in [0.5, 0.6) is 0 Å². The van der Waals surface area contributed by atoms with Gasteiger partial charge in [-0.1, -0.05) is 195 Å². The number of esters is 3. The molecule has 0 amide bonds. The van der Waals surface area contributed by atoms with Gasteiger partial charge in [-0.25, -0.2) is 4.79 Å². The van der Waals surface area contributed by atoms with E-state index in [0.717, 1.165) is 89.9 Å². The van der Waals surface area contributed by atoms with Crippen LogP contribution in [0, 0.1) is 0 Å². The molecular formula is C61H98O12. The van der Waals surface area contributed by atoms with Crippen molar-refractivity contribution in [1.29, 1.82) is 0 Å². The molecule has 0 aromatic rings. The van der Waals surface area contributed by atoms with Crippen molar-refractivity contribution in [2.75, 3.05) is 13.2 Å². The number of aliphatic hydroxyl groups excluding tert-OH is 2. The van der Waals surface area contributed by atoms with Gasteiger partial charge in [-0.05, 0) is 96.3 Å². The highest BCUT2D eigenvalue weighted by molar-refractivity contribution is 5.74. The molecule has 0 aromatic carbocycles. The highest BCUT2D eigenvalue weighted by Gasteiger charge is 2.50. The Balaban J connectivity index is 2.77. The molecule has 1 saturated heterocycles. The predicted octanol–water partition coefficient (Wildman–Crippen LogP) is 14.1. The maximum atomic E-state index is 13.1. The molecule has 0 saturated carbocycles. The van der Waals surface area contributed by atoms with Gasteiger partial charge in [-0.15, -0.1) is 0 Å². The average Bonchev–Trinajstić information content (AvgIpc) is 3.37. The van der Waals surface area contributed by atoms with E-state index in [0.29, 0.717) is 25.7 Å². The lowest BCUT2D eigenvalue weighted by atomic mass is 9.98. The first-order valence-electron chi connectivity index (χ1n) is 28.2. The minimum absolute atomic E-state index is 0.000736. The van der Waals surface area contributed by atoms with Crippen molar-refractivity contribution in [3.05, 3.63) is 97.2 Å². The molecule has 12 nitrogen and oxygen atoms in total. The van der Waals surface area contributed by atoms with Crippen molar-refractivity contribution in [1.82, 2.24) is 0 Å². The van der Waals surface area contributed by atoms with E-state index in [-0.39, 0.29) is 25.9 Å². The maximum Gasteiger partial charge on any atom is 0.335 e. The molecule has 3 N–H and O–H groups in total. The lowest BCUT2D eigenvalue weighted by Gasteiger charge is -2.40. The Hall–Kier alpha value is -4.36. The summed E-state index contributed by atoms with van der Waals surface area (Å²) in [4.78, 5) is 51.0. The molecule has 1 fully saturated rings. The van der Waals surface area contributed by atoms with Crippen molar-refractivity contribution in [2.45, 2.75) is 250 Å². The number of carbonyl (C=O) groups is 4. The van der Waals surface area contributed by atoms with E-state index in [1.54, 1.807) is 0 Å². The summed E-state index contributed by atoms with van der Waals surface area (Å²) in [6, 6.07) is 0. The second-order valence-electron chi connectivity index (χ2n) is 18.8. The first-order valence-corrected chi connectivity index (χ1v) is 28.2. The maximum absolute atomic E-state index is 13.1. The second-order valence-corrected chi connectivity index (χ2v) is 18.8. The summed E-state index contributed by atoms with van der Waals surface area (Å²) in [5, 5.41) is 31.4. The quantitative estimate of drug-likeness (QED) is 0.0228. The zero-order valence-corrected chi connectivity index (χ0v) is 45.3. The van der Waals surface area contributed by atoms with Gasteiger partial charge in [-0.3, -0.25) is 14.4 Å². The number of ether oxygens (including phenoxy) is 5. The molecule has 73 heavy (non-hydrogen) atoms. The van der Waals surface area contributed by atoms with E-state index in [4.69, 9.17) is 23.7 Å². The Morgan fingerprint density at radius 3 is 1.32 bits per heavy atom. The van der Waals surface area contributed by atoms with Crippen LogP contribution in [0.15, 0.2) is 97.2 Å². The minimum Gasteiger partial charge on any atom is -0.479 e. The molecule has 0 spiro atoms. The summed E-state index contributed by atoms with van der Waals surface area (Å²) < 4.78 is 28.3. The fourth-order valence-electron chi connectivity index (χ4n) is 7.88. The van der Waals surface area contributed by atoms with Crippen molar-refractivity contribution < 1.29 is 58.2 Å². The summed E-state index contributed by atoms with van der Waals surface area (Å²) in [5.74, 6) is -3.24. The Kier molecular flexibility index (Phi) is 44.4. The first kappa shape index (κ1) is 66.7. The van der Waals surface area contributed by atoms with Gasteiger partial charge in [-0.2, -0.15) is 0 Å². The molecule has 0 bridgehead atoms. The minimum atomic E-state index is -1.92. The van der Waals surface area contributed by atoms with Gasteiger partial charge < -0.3 is 39.0 Å². The van der Waals surface area contributed by atoms with Crippen LogP contribution in [0.3, 0.4) is 0 Å². The Morgan fingerprint density at radius 2 is 0.863 bits per heavy atom. The third kappa shape index (κ3) is 38.8. The zero-order chi connectivity index (χ0) is 53.3. The number of aliphatic hydroxyl groups is 2. The molecule has 0 aromatic heterocycles. The van der Waals surface area contributed by atoms with Gasteiger partial charge in [0, 0.05) is 19.3 Å². The smallest absolute Gasteiger partial charge is 0.335 e. The van der Waals surface area contributed by atoms with E-state index < -0.39 is 67.3 Å². The van der Waals surface area contributed by atoms with Crippen molar-refractivity contribution in [3.63, 3.8) is 0 Å². The van der Waals surface area contributed by atoms with Gasteiger partial charge in [0.2, 0.25) is 0 Å². The molecule has 0 radical (unpaired) electrons. The third-order valence-corrected chi connectivity index (χ3v) is 12.2. The first-order chi connectivity index (χ1) is 35.6. The fourth-order valence-corrected chi connectivity index (χ4v) is 7.88. The lowest BCUT2D eigenvalue weighted by molar-refractivity contribution is -0.301. The van der Waals surface area contributed by atoms with Gasteiger partial charge in [0.1, 0.15) is 18.8 Å². The summed E-state index contributed by atoms with van der Waals surface area (Å²) >= 11 is 0. The summed E-state index contributed by atoms with van der Waals surface area (Å²) in [6.07, 6.45) is 51.0. The second kappa shape index (κ2) is 48.6. The number of aliphatic carboxylic acids is 1. The summed E-state index contributed by atoms with van der Waals surface area (Å²) in [7, 11) is 0. The van der Waals surface area contributed by atoms with E-state index in [2.05, 4.69) is 118 Å². The van der Waals surface area contributed by atoms with Gasteiger partial charge in [0.25, 0.3) is 0 Å². The highest BCUT2D eigenvalue weighted by Crippen LogP contribution is 2.26. The molecule has 1 rings (SSSR count). The van der Waals surface area contributed by atoms with Crippen LogP contribution in [-0.2, 0) is 42.9 Å². The third-order valence-electron chi connectivity index (χ3n) is 12.2. The Morgan fingerprint density at radius 1 is 0.466 bits per heavy atom. The van der Waals surface area contributed by atoms with Crippen molar-refractivity contribution in [3.8, 4) is 0 Å². The van der Waals surface area contributed by atoms with E-state index in [1.165, 1.54) is 57.8 Å². The number of hydrogen-bond donors (Lipinski definition) is 3. The van der Waals surface area contributed by atoms with Crippen LogP contribution in [0.4, 0.5) is 0 Å². The molecule has 1 aliphatic rings. The number of carboxylic acid groups (broad SMARTS) is 1. The largest absolute Gasteiger partial charge is 0.479 e. The van der Waals surface area contributed by atoms with E-state index >= 15 is 0 Å². The number of unbranched alkanes of at least 4 members (excludes halogenated alkanes) is 16. The van der Waals surface area contributed by atoms with E-state index in [9.17, 15) is 34.5 Å². The highest BCUT2D eigenvalue weighted by atomic mass is 16.7. The number of rotatable bonds is 46. The van der Waals surface area contributed by atoms with Crippen LogP contribution in [0.1, 0.15) is 213 Å². The number of carbonyl (C=O) groups excluding carboxylic acids is 3. The van der Waals surface area contributed by atoms with Gasteiger partial charge in [0.15, 0.2) is 24.6 Å². The number of carboxylic acids is 1. The summed E-state index contributed by atoms with van der Waals surface area (Å²) in [5.41, 5.74) is 0. The van der Waals surface area contributed by atoms with Gasteiger partial charge >= 0.3 is 23.9 Å². The van der Waals surface area contributed by atoms with Crippen LogP contribution < -0.4 is 0 Å². The molecular weight excluding hydrogens is 925 g/mol.